The molecule has 0 saturated carbocycles. The van der Waals surface area contributed by atoms with Crippen molar-refractivity contribution >= 4 is 51.9 Å². The van der Waals surface area contributed by atoms with Gasteiger partial charge < -0.3 is 15.1 Å². The summed E-state index contributed by atoms with van der Waals surface area (Å²) in [5, 5.41) is 4.91. The van der Waals surface area contributed by atoms with Crippen molar-refractivity contribution in [2.45, 2.75) is 0 Å². The van der Waals surface area contributed by atoms with Crippen LogP contribution in [0.25, 0.3) is 0 Å². The summed E-state index contributed by atoms with van der Waals surface area (Å²) in [6, 6.07) is 11.8. The Bertz CT molecular complexity index is 731. The molecule has 0 spiro atoms. The van der Waals surface area contributed by atoms with E-state index in [1.54, 1.807) is 12.1 Å². The zero-order valence-corrected chi connectivity index (χ0v) is 15.1. The van der Waals surface area contributed by atoms with Gasteiger partial charge in [-0.05, 0) is 54.7 Å². The molecule has 1 saturated heterocycles. The third-order valence-corrected chi connectivity index (χ3v) is 5.03. The van der Waals surface area contributed by atoms with E-state index < -0.39 is 0 Å². The topological polar surface area (TPSA) is 18.5 Å². The maximum Gasteiger partial charge on any atom is 0.173 e. The Morgan fingerprint density at radius 2 is 1.62 bits per heavy atom. The van der Waals surface area contributed by atoms with E-state index in [4.69, 9.17) is 35.4 Å². The van der Waals surface area contributed by atoms with E-state index in [1.807, 2.05) is 18.2 Å². The van der Waals surface area contributed by atoms with Gasteiger partial charge in [-0.2, -0.15) is 0 Å². The first-order valence-electron chi connectivity index (χ1n) is 7.54. The summed E-state index contributed by atoms with van der Waals surface area (Å²) in [6.45, 7) is 3.27. The second-order valence-corrected chi connectivity index (χ2v) is 6.71. The van der Waals surface area contributed by atoms with E-state index in [0.29, 0.717) is 15.2 Å². The molecule has 0 radical (unpaired) electrons. The minimum atomic E-state index is -0.262. The molecule has 3 rings (SSSR count). The van der Waals surface area contributed by atoms with Gasteiger partial charge in [0.15, 0.2) is 5.11 Å². The van der Waals surface area contributed by atoms with Crippen LogP contribution in [0.4, 0.5) is 15.8 Å². The fraction of sp³-hybridized carbons (Fsp3) is 0.235. The number of hydrogen-bond donors (Lipinski definition) is 1. The summed E-state index contributed by atoms with van der Waals surface area (Å²) in [7, 11) is 0. The van der Waals surface area contributed by atoms with Crippen molar-refractivity contribution in [1.82, 2.24) is 4.90 Å². The highest BCUT2D eigenvalue weighted by molar-refractivity contribution is 7.80. The molecule has 24 heavy (non-hydrogen) atoms. The molecule has 126 valence electrons. The Balaban J connectivity index is 1.57. The Morgan fingerprint density at radius 3 is 2.25 bits per heavy atom. The van der Waals surface area contributed by atoms with Crippen molar-refractivity contribution in [3.05, 3.63) is 58.3 Å². The van der Waals surface area contributed by atoms with Gasteiger partial charge in [-0.25, -0.2) is 4.39 Å². The maximum absolute atomic E-state index is 12.9. The highest BCUT2D eigenvalue weighted by atomic mass is 35.5. The molecule has 1 aliphatic rings. The minimum absolute atomic E-state index is 0.262. The number of piperazine rings is 1. The summed E-state index contributed by atoms with van der Waals surface area (Å²) < 4.78 is 12.9. The van der Waals surface area contributed by atoms with Crippen LogP contribution in [0.15, 0.2) is 42.5 Å². The summed E-state index contributed by atoms with van der Waals surface area (Å²) in [5.41, 5.74) is 1.84. The number of rotatable bonds is 2. The van der Waals surface area contributed by atoms with Gasteiger partial charge in [-0.3, -0.25) is 0 Å². The molecule has 1 heterocycles. The molecule has 0 bridgehead atoms. The number of nitrogens with one attached hydrogen (secondary N) is 1. The Kier molecular flexibility index (Phi) is 5.43. The number of benzene rings is 2. The van der Waals surface area contributed by atoms with Crippen molar-refractivity contribution < 1.29 is 4.39 Å². The van der Waals surface area contributed by atoms with Gasteiger partial charge in [0.05, 0.1) is 10.0 Å². The first-order chi connectivity index (χ1) is 11.5. The van der Waals surface area contributed by atoms with Crippen molar-refractivity contribution in [3.63, 3.8) is 0 Å². The van der Waals surface area contributed by atoms with Gasteiger partial charge in [-0.15, -0.1) is 0 Å². The predicted octanol–water partition coefficient (Wildman–Crippen LogP) is 4.65. The molecule has 0 aliphatic carbocycles. The van der Waals surface area contributed by atoms with E-state index in [0.717, 1.165) is 37.6 Å². The molecule has 0 atom stereocenters. The lowest BCUT2D eigenvalue weighted by Crippen LogP contribution is -2.50. The number of hydrogen-bond acceptors (Lipinski definition) is 2. The van der Waals surface area contributed by atoms with Gasteiger partial charge in [0, 0.05) is 37.6 Å². The summed E-state index contributed by atoms with van der Waals surface area (Å²) in [5.74, 6) is -0.262. The van der Waals surface area contributed by atoms with Gasteiger partial charge >= 0.3 is 0 Å². The second-order valence-electron chi connectivity index (χ2n) is 5.51. The van der Waals surface area contributed by atoms with Crippen LogP contribution in [0, 0.1) is 5.82 Å². The zero-order valence-electron chi connectivity index (χ0n) is 12.8. The average Bonchev–Trinajstić information content (AvgIpc) is 2.59. The van der Waals surface area contributed by atoms with Crippen LogP contribution in [0.5, 0.6) is 0 Å². The van der Waals surface area contributed by atoms with Crippen molar-refractivity contribution in [3.8, 4) is 0 Å². The van der Waals surface area contributed by atoms with Crippen LogP contribution in [0.1, 0.15) is 0 Å². The number of halogens is 3. The molecule has 1 aliphatic heterocycles. The third kappa shape index (κ3) is 4.09. The van der Waals surface area contributed by atoms with Gasteiger partial charge in [-0.1, -0.05) is 23.2 Å². The molecular formula is C17H16Cl2FN3S. The van der Waals surface area contributed by atoms with Crippen molar-refractivity contribution in [2.75, 3.05) is 36.4 Å². The van der Waals surface area contributed by atoms with Crippen LogP contribution in [0.2, 0.25) is 10.0 Å². The van der Waals surface area contributed by atoms with E-state index in [2.05, 4.69) is 15.1 Å². The standard InChI is InChI=1S/C17H16Cl2FN3S/c18-15-6-5-14(11-16(15)19)22-7-9-23(10-8-22)17(24)21-13-3-1-12(20)2-4-13/h1-6,11H,7-10H2,(H,21,24). The molecule has 2 aromatic rings. The molecule has 2 aromatic carbocycles. The lowest BCUT2D eigenvalue weighted by Gasteiger charge is -2.37. The summed E-state index contributed by atoms with van der Waals surface area (Å²) >= 11 is 17.5. The first kappa shape index (κ1) is 17.3. The lowest BCUT2D eigenvalue weighted by molar-refractivity contribution is 0.391. The van der Waals surface area contributed by atoms with Crippen LogP contribution >= 0.6 is 35.4 Å². The highest BCUT2D eigenvalue weighted by Gasteiger charge is 2.19. The minimum Gasteiger partial charge on any atom is -0.368 e. The van der Waals surface area contributed by atoms with E-state index in [9.17, 15) is 4.39 Å². The predicted molar refractivity (Wildman–Crippen MR) is 103 cm³/mol. The molecule has 1 fully saturated rings. The zero-order chi connectivity index (χ0) is 17.1. The first-order valence-corrected chi connectivity index (χ1v) is 8.71. The Labute approximate surface area is 156 Å². The molecule has 1 N–H and O–H groups in total. The van der Waals surface area contributed by atoms with Gasteiger partial charge in [0.2, 0.25) is 0 Å². The fourth-order valence-electron chi connectivity index (χ4n) is 2.59. The molecule has 0 aromatic heterocycles. The quantitative estimate of drug-likeness (QED) is 0.760. The molecule has 7 heteroatoms. The third-order valence-electron chi connectivity index (χ3n) is 3.93. The Hall–Kier alpha value is -1.56. The normalized spacial score (nSPS) is 14.6. The van der Waals surface area contributed by atoms with E-state index in [1.165, 1.54) is 12.1 Å². The van der Waals surface area contributed by atoms with Crippen LogP contribution in [-0.4, -0.2) is 36.2 Å². The van der Waals surface area contributed by atoms with Crippen LogP contribution in [0.3, 0.4) is 0 Å². The second kappa shape index (κ2) is 7.55. The average molecular weight is 384 g/mol. The largest absolute Gasteiger partial charge is 0.368 e. The van der Waals surface area contributed by atoms with Crippen LogP contribution < -0.4 is 10.2 Å². The molecule has 0 unspecified atom stereocenters. The fourth-order valence-corrected chi connectivity index (χ4v) is 3.18. The molecule has 3 nitrogen and oxygen atoms in total. The Morgan fingerprint density at radius 1 is 0.958 bits per heavy atom. The lowest BCUT2D eigenvalue weighted by atomic mass is 10.2. The maximum atomic E-state index is 12.9. The van der Waals surface area contributed by atoms with Gasteiger partial charge in [0.1, 0.15) is 5.82 Å². The van der Waals surface area contributed by atoms with E-state index >= 15 is 0 Å². The number of nitrogens with zero attached hydrogens (tertiary/aromatic N) is 2. The van der Waals surface area contributed by atoms with Crippen molar-refractivity contribution in [2.24, 2.45) is 0 Å². The highest BCUT2D eigenvalue weighted by Crippen LogP contribution is 2.27. The van der Waals surface area contributed by atoms with Crippen LogP contribution in [-0.2, 0) is 0 Å². The van der Waals surface area contributed by atoms with Crippen molar-refractivity contribution in [1.29, 1.82) is 0 Å². The summed E-state index contributed by atoms with van der Waals surface area (Å²) in [6.07, 6.45) is 0. The SMILES string of the molecule is Fc1ccc(NC(=S)N2CCN(c3ccc(Cl)c(Cl)c3)CC2)cc1. The number of thiocarbonyl (C=S) groups is 1. The molecule has 0 amide bonds. The number of anilines is 2. The smallest absolute Gasteiger partial charge is 0.173 e. The van der Waals surface area contributed by atoms with Gasteiger partial charge in [0.25, 0.3) is 0 Å². The van der Waals surface area contributed by atoms with E-state index in [-0.39, 0.29) is 5.82 Å². The monoisotopic (exact) mass is 383 g/mol. The molecular weight excluding hydrogens is 368 g/mol. The summed E-state index contributed by atoms with van der Waals surface area (Å²) in [4.78, 5) is 4.35.